The van der Waals surface area contributed by atoms with Crippen LogP contribution in [0.2, 0.25) is 0 Å². The lowest BCUT2D eigenvalue weighted by atomic mass is 10.1. The fourth-order valence-electron chi connectivity index (χ4n) is 3.19. The predicted molar refractivity (Wildman–Crippen MR) is 104 cm³/mol. The van der Waals surface area contributed by atoms with E-state index in [1.54, 1.807) is 29.4 Å². The number of hydrogen-bond donors (Lipinski definition) is 0. The highest BCUT2D eigenvalue weighted by atomic mass is 19.1. The summed E-state index contributed by atoms with van der Waals surface area (Å²) in [6, 6.07) is 9.18. The minimum absolute atomic E-state index is 0.0999. The van der Waals surface area contributed by atoms with Gasteiger partial charge in [-0.1, -0.05) is 5.16 Å². The van der Waals surface area contributed by atoms with Gasteiger partial charge in [0.05, 0.1) is 6.10 Å². The maximum atomic E-state index is 12.9. The molecule has 1 fully saturated rings. The molecule has 156 valence electrons. The molecule has 0 spiro atoms. The van der Waals surface area contributed by atoms with E-state index in [0.29, 0.717) is 30.6 Å². The topological polar surface area (TPSA) is 90.6 Å². The molecule has 0 bridgehead atoms. The van der Waals surface area contributed by atoms with Crippen LogP contribution in [0.15, 0.2) is 53.3 Å². The lowest BCUT2D eigenvalue weighted by Gasteiger charge is -2.32. The van der Waals surface area contributed by atoms with Gasteiger partial charge >= 0.3 is 0 Å². The zero-order valence-electron chi connectivity index (χ0n) is 16.2. The molecular formula is C21H21FN4O4. The molecule has 1 aliphatic rings. The number of amides is 1. The standard InChI is InChI=1S/C21H21FN4O4/c22-16-3-5-17(6-4-16)29-14-20(27)26-11-1-2-18(12-26)28-13-19-24-21(25-30-19)15-7-9-23-10-8-15/h3-10,18H,1-2,11-14H2. The van der Waals surface area contributed by atoms with Crippen molar-refractivity contribution in [2.24, 2.45) is 0 Å². The first-order chi connectivity index (χ1) is 14.7. The van der Waals surface area contributed by atoms with E-state index in [9.17, 15) is 9.18 Å². The molecule has 9 heteroatoms. The Bertz CT molecular complexity index is 965. The van der Waals surface area contributed by atoms with Crippen LogP contribution in [0.3, 0.4) is 0 Å². The molecule has 2 aromatic heterocycles. The largest absolute Gasteiger partial charge is 0.484 e. The monoisotopic (exact) mass is 412 g/mol. The van der Waals surface area contributed by atoms with Crippen molar-refractivity contribution in [1.29, 1.82) is 0 Å². The molecule has 1 aromatic carbocycles. The van der Waals surface area contributed by atoms with Gasteiger partial charge in [0.15, 0.2) is 6.61 Å². The average Bonchev–Trinajstić information content (AvgIpc) is 3.27. The fraction of sp³-hybridized carbons (Fsp3) is 0.333. The van der Waals surface area contributed by atoms with Crippen LogP contribution in [0.25, 0.3) is 11.4 Å². The van der Waals surface area contributed by atoms with Crippen molar-refractivity contribution in [1.82, 2.24) is 20.0 Å². The molecule has 0 radical (unpaired) electrons. The summed E-state index contributed by atoms with van der Waals surface area (Å²) in [5.41, 5.74) is 0.815. The molecule has 8 nitrogen and oxygen atoms in total. The molecular weight excluding hydrogens is 391 g/mol. The number of benzene rings is 1. The van der Waals surface area contributed by atoms with Gasteiger partial charge in [-0.2, -0.15) is 4.98 Å². The summed E-state index contributed by atoms with van der Waals surface area (Å²) in [6.07, 6.45) is 4.88. The Morgan fingerprint density at radius 1 is 1.20 bits per heavy atom. The predicted octanol–water partition coefficient (Wildman–Crippen LogP) is 2.86. The molecule has 1 unspecified atom stereocenters. The van der Waals surface area contributed by atoms with Gasteiger partial charge in [0.1, 0.15) is 18.2 Å². The Balaban J connectivity index is 1.25. The van der Waals surface area contributed by atoms with Crippen LogP contribution in [-0.2, 0) is 16.1 Å². The summed E-state index contributed by atoms with van der Waals surface area (Å²) in [5, 5.41) is 3.95. The highest BCUT2D eigenvalue weighted by Gasteiger charge is 2.25. The molecule has 1 aliphatic heterocycles. The second-order valence-electron chi connectivity index (χ2n) is 6.91. The summed E-state index contributed by atoms with van der Waals surface area (Å²) in [5.74, 6) is 0.833. The Labute approximate surface area is 172 Å². The van der Waals surface area contributed by atoms with Crippen LogP contribution < -0.4 is 4.74 Å². The molecule has 0 saturated carbocycles. The number of piperidine rings is 1. The van der Waals surface area contributed by atoms with Gasteiger partial charge in [0, 0.05) is 31.0 Å². The van der Waals surface area contributed by atoms with Gasteiger partial charge in [-0.3, -0.25) is 9.78 Å². The molecule has 0 aliphatic carbocycles. The molecule has 30 heavy (non-hydrogen) atoms. The van der Waals surface area contributed by atoms with Crippen LogP contribution >= 0.6 is 0 Å². The number of likely N-dealkylation sites (tertiary alicyclic amines) is 1. The van der Waals surface area contributed by atoms with Crippen molar-refractivity contribution < 1.29 is 23.2 Å². The molecule has 1 atom stereocenters. The van der Waals surface area contributed by atoms with Gasteiger partial charge in [-0.05, 0) is 49.2 Å². The number of hydrogen-bond acceptors (Lipinski definition) is 7. The maximum Gasteiger partial charge on any atom is 0.260 e. The maximum absolute atomic E-state index is 12.9. The first-order valence-electron chi connectivity index (χ1n) is 9.68. The van der Waals surface area contributed by atoms with Crippen molar-refractivity contribution in [3.05, 3.63) is 60.5 Å². The Morgan fingerprint density at radius 2 is 2.00 bits per heavy atom. The normalized spacial score (nSPS) is 16.4. The quantitative estimate of drug-likeness (QED) is 0.589. The lowest BCUT2D eigenvalue weighted by molar-refractivity contribution is -0.138. The zero-order valence-corrected chi connectivity index (χ0v) is 16.2. The average molecular weight is 412 g/mol. The lowest BCUT2D eigenvalue weighted by Crippen LogP contribution is -2.45. The van der Waals surface area contributed by atoms with Crippen molar-refractivity contribution in [2.75, 3.05) is 19.7 Å². The SMILES string of the molecule is O=C(COc1ccc(F)cc1)N1CCCC(OCc2nc(-c3ccncc3)no2)C1. The van der Waals surface area contributed by atoms with E-state index in [1.807, 2.05) is 0 Å². The van der Waals surface area contributed by atoms with Gasteiger partial charge in [-0.25, -0.2) is 4.39 Å². The van der Waals surface area contributed by atoms with E-state index in [-0.39, 0.29) is 31.0 Å². The first-order valence-corrected chi connectivity index (χ1v) is 9.68. The molecule has 1 amide bonds. The second kappa shape index (κ2) is 9.45. The van der Waals surface area contributed by atoms with Crippen LogP contribution in [0, 0.1) is 5.82 Å². The molecule has 0 N–H and O–H groups in total. The number of aromatic nitrogens is 3. The van der Waals surface area contributed by atoms with E-state index in [2.05, 4.69) is 15.1 Å². The van der Waals surface area contributed by atoms with Crippen LogP contribution in [0.5, 0.6) is 5.75 Å². The van der Waals surface area contributed by atoms with E-state index < -0.39 is 0 Å². The van der Waals surface area contributed by atoms with E-state index >= 15 is 0 Å². The zero-order chi connectivity index (χ0) is 20.8. The van der Waals surface area contributed by atoms with Gasteiger partial charge < -0.3 is 18.9 Å². The fourth-order valence-corrected chi connectivity index (χ4v) is 3.19. The molecule has 3 aromatic rings. The first kappa shape index (κ1) is 20.0. The smallest absolute Gasteiger partial charge is 0.260 e. The molecule has 1 saturated heterocycles. The van der Waals surface area contributed by atoms with Gasteiger partial charge in [0.2, 0.25) is 5.82 Å². The third kappa shape index (κ3) is 5.18. The Morgan fingerprint density at radius 3 is 2.80 bits per heavy atom. The number of carbonyl (C=O) groups is 1. The third-order valence-electron chi connectivity index (χ3n) is 4.76. The van der Waals surface area contributed by atoms with E-state index in [1.165, 1.54) is 24.3 Å². The highest BCUT2D eigenvalue weighted by molar-refractivity contribution is 5.77. The summed E-state index contributed by atoms with van der Waals surface area (Å²) in [7, 11) is 0. The Hall–Kier alpha value is -3.33. The highest BCUT2D eigenvalue weighted by Crippen LogP contribution is 2.18. The van der Waals surface area contributed by atoms with Crippen LogP contribution in [0.4, 0.5) is 4.39 Å². The van der Waals surface area contributed by atoms with Crippen LogP contribution in [-0.4, -0.2) is 51.7 Å². The number of carbonyl (C=O) groups excluding carboxylic acids is 1. The van der Waals surface area contributed by atoms with Crippen molar-refractivity contribution in [2.45, 2.75) is 25.6 Å². The van der Waals surface area contributed by atoms with E-state index in [4.69, 9.17) is 14.0 Å². The van der Waals surface area contributed by atoms with Crippen molar-refractivity contribution in [3.8, 4) is 17.1 Å². The minimum atomic E-state index is -0.348. The van der Waals surface area contributed by atoms with Gasteiger partial charge in [0.25, 0.3) is 11.8 Å². The summed E-state index contributed by atoms with van der Waals surface area (Å²) in [6.45, 7) is 1.20. The number of pyridine rings is 1. The van der Waals surface area contributed by atoms with Crippen molar-refractivity contribution in [3.63, 3.8) is 0 Å². The number of nitrogens with zero attached hydrogens (tertiary/aromatic N) is 4. The number of halogens is 1. The minimum Gasteiger partial charge on any atom is -0.484 e. The van der Waals surface area contributed by atoms with Crippen LogP contribution in [0.1, 0.15) is 18.7 Å². The second-order valence-corrected chi connectivity index (χ2v) is 6.91. The Kier molecular flexibility index (Phi) is 6.29. The van der Waals surface area contributed by atoms with Crippen molar-refractivity contribution >= 4 is 5.91 Å². The summed E-state index contributed by atoms with van der Waals surface area (Å²) < 4.78 is 29.5. The summed E-state index contributed by atoms with van der Waals surface area (Å²) >= 11 is 0. The van der Waals surface area contributed by atoms with Gasteiger partial charge in [-0.15, -0.1) is 0 Å². The summed E-state index contributed by atoms with van der Waals surface area (Å²) in [4.78, 5) is 22.5. The molecule has 3 heterocycles. The van der Waals surface area contributed by atoms with E-state index in [0.717, 1.165) is 18.4 Å². The molecule has 4 rings (SSSR count). The number of ether oxygens (including phenoxy) is 2. The third-order valence-corrected chi connectivity index (χ3v) is 4.76. The number of rotatable bonds is 7.